The van der Waals surface area contributed by atoms with Gasteiger partial charge in [0, 0.05) is 19.1 Å². The fourth-order valence-electron chi connectivity index (χ4n) is 3.91. The molecule has 0 bridgehead atoms. The van der Waals surface area contributed by atoms with Crippen LogP contribution in [0.1, 0.15) is 32.1 Å². The van der Waals surface area contributed by atoms with E-state index in [0.717, 1.165) is 31.1 Å². The number of likely N-dealkylation sites (tertiary alicyclic amines) is 1. The Balaban J connectivity index is 1.42. The third-order valence-corrected chi connectivity index (χ3v) is 6.38. The van der Waals surface area contributed by atoms with E-state index in [2.05, 4.69) is 25.0 Å². The van der Waals surface area contributed by atoms with Gasteiger partial charge in [0.25, 0.3) is 5.82 Å². The van der Waals surface area contributed by atoms with Crippen LogP contribution >= 0.6 is 11.3 Å². The summed E-state index contributed by atoms with van der Waals surface area (Å²) < 4.78 is 1.45. The van der Waals surface area contributed by atoms with Crippen LogP contribution in [-0.2, 0) is 7.05 Å². The lowest BCUT2D eigenvalue weighted by atomic mass is 10.0. The van der Waals surface area contributed by atoms with Crippen molar-refractivity contribution in [1.29, 1.82) is 0 Å². The predicted molar refractivity (Wildman–Crippen MR) is 99.4 cm³/mol. The largest absolute Gasteiger partial charge is 0.358 e. The summed E-state index contributed by atoms with van der Waals surface area (Å²) in [5, 5.41) is 21.0. The van der Waals surface area contributed by atoms with Crippen LogP contribution in [0.5, 0.6) is 0 Å². The van der Waals surface area contributed by atoms with Gasteiger partial charge in [0.2, 0.25) is 10.1 Å². The molecule has 0 radical (unpaired) electrons. The van der Waals surface area contributed by atoms with Gasteiger partial charge >= 0.3 is 5.82 Å². The molecule has 0 spiro atoms. The quantitative estimate of drug-likeness (QED) is 0.596. The third-order valence-electron chi connectivity index (χ3n) is 5.40. The van der Waals surface area contributed by atoms with E-state index >= 15 is 0 Å². The minimum absolute atomic E-state index is 0.0425. The van der Waals surface area contributed by atoms with E-state index in [1.165, 1.54) is 54.5 Å². The molecule has 2 aromatic heterocycles. The second kappa shape index (κ2) is 7.28. The number of rotatable bonds is 4. The van der Waals surface area contributed by atoms with E-state index in [0.29, 0.717) is 16.9 Å². The number of nitrogens with zero attached hydrogens (tertiary/aromatic N) is 7. The standard InChI is InChI=1S/C16H23N7O2S/c1-20-13(23(24)25)11-17-14(20)15-18-19-16(26-15)22-9-5-12(6-10-22)21-7-3-2-4-8-21/h11-12H,2-10H2,1H3. The average Bonchev–Trinajstić information content (AvgIpc) is 3.29. The highest BCUT2D eigenvalue weighted by molar-refractivity contribution is 7.18. The van der Waals surface area contributed by atoms with Gasteiger partial charge in [-0.25, -0.2) is 9.55 Å². The van der Waals surface area contributed by atoms with E-state index in [1.54, 1.807) is 7.05 Å². The Labute approximate surface area is 155 Å². The summed E-state index contributed by atoms with van der Waals surface area (Å²) >= 11 is 1.45. The van der Waals surface area contributed by atoms with Crippen molar-refractivity contribution in [2.45, 2.75) is 38.1 Å². The van der Waals surface area contributed by atoms with Crippen molar-refractivity contribution in [1.82, 2.24) is 24.6 Å². The monoisotopic (exact) mass is 377 g/mol. The fraction of sp³-hybridized carbons (Fsp3) is 0.688. The fourth-order valence-corrected chi connectivity index (χ4v) is 4.84. The number of aromatic nitrogens is 4. The minimum Gasteiger partial charge on any atom is -0.358 e. The highest BCUT2D eigenvalue weighted by Gasteiger charge is 2.28. The maximum Gasteiger partial charge on any atom is 0.342 e. The molecule has 2 aromatic rings. The predicted octanol–water partition coefficient (Wildman–Crippen LogP) is 2.30. The lowest BCUT2D eigenvalue weighted by molar-refractivity contribution is -0.391. The van der Waals surface area contributed by atoms with Crippen LogP contribution in [0, 0.1) is 10.1 Å². The van der Waals surface area contributed by atoms with Crippen LogP contribution in [0.4, 0.5) is 10.9 Å². The van der Waals surface area contributed by atoms with Gasteiger partial charge in [-0.15, -0.1) is 10.2 Å². The molecule has 10 heteroatoms. The molecule has 4 heterocycles. The molecule has 2 aliphatic rings. The van der Waals surface area contributed by atoms with Crippen molar-refractivity contribution >= 4 is 22.3 Å². The Morgan fingerprint density at radius 2 is 1.88 bits per heavy atom. The summed E-state index contributed by atoms with van der Waals surface area (Å²) in [4.78, 5) is 19.6. The van der Waals surface area contributed by atoms with E-state index in [9.17, 15) is 10.1 Å². The Morgan fingerprint density at radius 1 is 1.15 bits per heavy atom. The smallest absolute Gasteiger partial charge is 0.342 e. The van der Waals surface area contributed by atoms with Crippen molar-refractivity contribution in [3.63, 3.8) is 0 Å². The number of hydrogen-bond acceptors (Lipinski definition) is 8. The van der Waals surface area contributed by atoms with Gasteiger partial charge in [0.1, 0.15) is 6.20 Å². The molecular weight excluding hydrogens is 354 g/mol. The summed E-state index contributed by atoms with van der Waals surface area (Å²) in [5.74, 6) is 0.447. The van der Waals surface area contributed by atoms with Crippen LogP contribution in [0.3, 0.4) is 0 Å². The molecule has 9 nitrogen and oxygen atoms in total. The van der Waals surface area contributed by atoms with E-state index in [1.807, 2.05) is 0 Å². The Bertz CT molecular complexity index is 775. The normalized spacial score (nSPS) is 19.8. The number of nitro groups is 1. The van der Waals surface area contributed by atoms with E-state index in [4.69, 9.17) is 0 Å². The van der Waals surface area contributed by atoms with Crippen LogP contribution in [0.15, 0.2) is 6.20 Å². The molecular formula is C16H23N7O2S. The van der Waals surface area contributed by atoms with Crippen molar-refractivity contribution in [2.24, 2.45) is 7.05 Å². The molecule has 0 aromatic carbocycles. The second-order valence-electron chi connectivity index (χ2n) is 6.96. The van der Waals surface area contributed by atoms with E-state index in [-0.39, 0.29) is 5.82 Å². The van der Waals surface area contributed by atoms with E-state index < -0.39 is 4.92 Å². The van der Waals surface area contributed by atoms with Gasteiger partial charge in [-0.05, 0) is 43.7 Å². The van der Waals surface area contributed by atoms with Crippen molar-refractivity contribution in [2.75, 3.05) is 31.1 Å². The number of hydrogen-bond donors (Lipinski definition) is 0. The van der Waals surface area contributed by atoms with Crippen molar-refractivity contribution in [3.05, 3.63) is 16.3 Å². The zero-order chi connectivity index (χ0) is 18.1. The molecule has 4 rings (SSSR count). The molecule has 26 heavy (non-hydrogen) atoms. The summed E-state index contributed by atoms with van der Waals surface area (Å²) in [6, 6.07) is 0.691. The highest BCUT2D eigenvalue weighted by Crippen LogP contribution is 2.31. The van der Waals surface area contributed by atoms with Gasteiger partial charge in [-0.2, -0.15) is 0 Å². The van der Waals surface area contributed by atoms with Crippen molar-refractivity contribution < 1.29 is 4.92 Å². The molecule has 2 fully saturated rings. The Kier molecular flexibility index (Phi) is 4.86. The van der Waals surface area contributed by atoms with Crippen LogP contribution in [0.2, 0.25) is 0 Å². The lowest BCUT2D eigenvalue weighted by Crippen LogP contribution is -2.46. The number of anilines is 1. The average molecular weight is 377 g/mol. The molecule has 0 aliphatic carbocycles. The molecule has 2 aliphatic heterocycles. The maximum atomic E-state index is 11.0. The van der Waals surface area contributed by atoms with Gasteiger partial charge < -0.3 is 19.9 Å². The summed E-state index contributed by atoms with van der Waals surface area (Å²) in [6.07, 6.45) is 7.60. The van der Waals surface area contributed by atoms with Crippen molar-refractivity contribution in [3.8, 4) is 10.8 Å². The SMILES string of the molecule is Cn1c([N+](=O)[O-])cnc1-c1nnc(N2CCC(N3CCCCC3)CC2)s1. The first-order valence-electron chi connectivity index (χ1n) is 9.12. The Morgan fingerprint density at radius 3 is 2.54 bits per heavy atom. The number of piperidine rings is 2. The van der Waals surface area contributed by atoms with Gasteiger partial charge in [0.15, 0.2) is 0 Å². The minimum atomic E-state index is -0.441. The first-order valence-corrected chi connectivity index (χ1v) is 9.94. The topological polar surface area (TPSA) is 93.2 Å². The summed E-state index contributed by atoms with van der Waals surface area (Å²) in [5.41, 5.74) is 0. The lowest BCUT2D eigenvalue weighted by Gasteiger charge is -2.40. The second-order valence-corrected chi connectivity index (χ2v) is 7.92. The van der Waals surface area contributed by atoms with Crippen LogP contribution in [0.25, 0.3) is 10.8 Å². The van der Waals surface area contributed by atoms with Gasteiger partial charge in [0.05, 0.1) is 7.05 Å². The molecule has 0 unspecified atom stereocenters. The third kappa shape index (κ3) is 3.30. The number of imidazole rings is 1. The molecule has 0 saturated carbocycles. The zero-order valence-corrected chi connectivity index (χ0v) is 15.7. The van der Waals surface area contributed by atoms with Gasteiger partial charge in [-0.3, -0.25) is 0 Å². The highest BCUT2D eigenvalue weighted by atomic mass is 32.1. The van der Waals surface area contributed by atoms with Gasteiger partial charge in [-0.1, -0.05) is 17.8 Å². The molecule has 0 N–H and O–H groups in total. The molecule has 0 amide bonds. The summed E-state index contributed by atoms with van der Waals surface area (Å²) in [7, 11) is 1.63. The summed E-state index contributed by atoms with van der Waals surface area (Å²) in [6.45, 7) is 4.45. The Hall–Kier alpha value is -2.07. The van der Waals surface area contributed by atoms with Crippen LogP contribution in [-0.4, -0.2) is 61.8 Å². The molecule has 140 valence electrons. The molecule has 2 saturated heterocycles. The maximum absolute atomic E-state index is 11.0. The molecule has 0 atom stereocenters. The first kappa shape index (κ1) is 17.3. The zero-order valence-electron chi connectivity index (χ0n) is 14.9. The van der Waals surface area contributed by atoms with Crippen LogP contribution < -0.4 is 4.90 Å². The first-order chi connectivity index (χ1) is 12.6.